The van der Waals surface area contributed by atoms with Crippen LogP contribution in [0.2, 0.25) is 0 Å². The molecule has 0 saturated heterocycles. The van der Waals surface area contributed by atoms with Gasteiger partial charge in [0.1, 0.15) is 5.82 Å². The molecule has 0 fully saturated rings. The van der Waals surface area contributed by atoms with E-state index >= 15 is 0 Å². The van der Waals surface area contributed by atoms with Gasteiger partial charge in [0.05, 0.1) is 13.2 Å². The maximum Gasteiger partial charge on any atom is 0.124 e. The number of hydrogen-bond donors (Lipinski definition) is 1. The molecule has 16 heavy (non-hydrogen) atoms. The van der Waals surface area contributed by atoms with E-state index in [1.54, 1.807) is 6.20 Å². The summed E-state index contributed by atoms with van der Waals surface area (Å²) < 4.78 is 1.96. The van der Waals surface area contributed by atoms with Crippen molar-refractivity contribution in [2.24, 2.45) is 7.05 Å². The van der Waals surface area contributed by atoms with Gasteiger partial charge < -0.3 is 4.57 Å². The predicted octanol–water partition coefficient (Wildman–Crippen LogP) is 1.64. The molecule has 84 valence electrons. The van der Waals surface area contributed by atoms with Crippen LogP contribution in [0.5, 0.6) is 0 Å². The normalized spacial score (nSPS) is 10.6. The lowest BCUT2D eigenvalue weighted by atomic mass is 10.2. The van der Waals surface area contributed by atoms with E-state index in [0.717, 1.165) is 11.4 Å². The summed E-state index contributed by atoms with van der Waals surface area (Å²) in [4.78, 5) is 9.53. The minimum absolute atomic E-state index is 0.561. The van der Waals surface area contributed by atoms with Crippen molar-refractivity contribution in [2.75, 3.05) is 0 Å². The van der Waals surface area contributed by atoms with Crippen LogP contribution in [0.25, 0.3) is 0 Å². The summed E-state index contributed by atoms with van der Waals surface area (Å²) in [7, 11) is 1.96. The van der Waals surface area contributed by atoms with Gasteiger partial charge >= 0.3 is 0 Å². The van der Waals surface area contributed by atoms with E-state index in [1.807, 2.05) is 48.1 Å². The van der Waals surface area contributed by atoms with Gasteiger partial charge in [-0.1, -0.05) is 30.3 Å². The minimum atomic E-state index is 0.561. The number of nitrogens with zero attached hydrogens (tertiary/aromatic N) is 2. The highest BCUT2D eigenvalue weighted by molar-refractivity contribution is 5.13. The maximum atomic E-state index is 5.34. The summed E-state index contributed by atoms with van der Waals surface area (Å²) in [6.07, 6.45) is 3.68. The van der Waals surface area contributed by atoms with Crippen molar-refractivity contribution in [1.82, 2.24) is 15.0 Å². The van der Waals surface area contributed by atoms with Gasteiger partial charge in [-0.3, -0.25) is 4.84 Å². The lowest BCUT2D eigenvalue weighted by Crippen LogP contribution is -2.16. The zero-order valence-electron chi connectivity index (χ0n) is 9.26. The first-order valence-electron chi connectivity index (χ1n) is 5.21. The molecule has 0 aliphatic rings. The number of hydroxylamine groups is 1. The fraction of sp³-hybridized carbons (Fsp3) is 0.250. The van der Waals surface area contributed by atoms with Crippen molar-refractivity contribution >= 4 is 0 Å². The molecule has 1 aromatic carbocycles. The van der Waals surface area contributed by atoms with Crippen LogP contribution in [-0.4, -0.2) is 9.55 Å². The van der Waals surface area contributed by atoms with E-state index in [1.165, 1.54) is 0 Å². The molecule has 0 amide bonds. The van der Waals surface area contributed by atoms with E-state index in [2.05, 4.69) is 10.5 Å². The van der Waals surface area contributed by atoms with Gasteiger partial charge in [-0.25, -0.2) is 4.98 Å². The Balaban J connectivity index is 1.72. The second kappa shape index (κ2) is 5.44. The molecule has 0 atom stereocenters. The molecular weight excluding hydrogens is 202 g/mol. The Labute approximate surface area is 94.8 Å². The fourth-order valence-electron chi connectivity index (χ4n) is 1.39. The molecule has 4 heteroatoms. The van der Waals surface area contributed by atoms with Gasteiger partial charge in [0.15, 0.2) is 0 Å². The topological polar surface area (TPSA) is 39.1 Å². The molecule has 1 heterocycles. The van der Waals surface area contributed by atoms with Gasteiger partial charge in [0.2, 0.25) is 0 Å². The number of hydrogen-bond acceptors (Lipinski definition) is 3. The first-order chi connectivity index (χ1) is 7.86. The van der Waals surface area contributed by atoms with Crippen LogP contribution in [0.4, 0.5) is 0 Å². The Morgan fingerprint density at radius 1 is 1.31 bits per heavy atom. The number of aryl methyl sites for hydroxylation is 1. The van der Waals surface area contributed by atoms with Crippen molar-refractivity contribution < 1.29 is 4.84 Å². The van der Waals surface area contributed by atoms with Crippen molar-refractivity contribution in [3.8, 4) is 0 Å². The third-order valence-corrected chi connectivity index (χ3v) is 2.33. The molecule has 1 aromatic heterocycles. The lowest BCUT2D eigenvalue weighted by Gasteiger charge is -2.05. The Morgan fingerprint density at radius 3 is 2.81 bits per heavy atom. The number of imidazole rings is 1. The second-order valence-corrected chi connectivity index (χ2v) is 3.55. The standard InChI is InChI=1S/C12H15N3O/c1-15-8-7-13-12(15)9-14-16-10-11-5-3-2-4-6-11/h2-8,14H,9-10H2,1H3. The van der Waals surface area contributed by atoms with E-state index < -0.39 is 0 Å². The number of rotatable bonds is 5. The Kier molecular flexibility index (Phi) is 3.69. The molecule has 0 aliphatic carbocycles. The zero-order chi connectivity index (χ0) is 11.2. The van der Waals surface area contributed by atoms with Crippen LogP contribution in [0.3, 0.4) is 0 Å². The molecule has 2 rings (SSSR count). The molecule has 0 radical (unpaired) electrons. The highest BCUT2D eigenvalue weighted by Gasteiger charge is 1.97. The van der Waals surface area contributed by atoms with Crippen molar-refractivity contribution in [3.63, 3.8) is 0 Å². The summed E-state index contributed by atoms with van der Waals surface area (Å²) in [5.41, 5.74) is 4.04. The van der Waals surface area contributed by atoms with Crippen molar-refractivity contribution in [1.29, 1.82) is 0 Å². The zero-order valence-corrected chi connectivity index (χ0v) is 9.26. The summed E-state index contributed by atoms with van der Waals surface area (Å²) >= 11 is 0. The molecule has 0 saturated carbocycles. The number of aromatic nitrogens is 2. The highest BCUT2D eigenvalue weighted by atomic mass is 16.6. The summed E-state index contributed by atoms with van der Waals surface area (Å²) in [5.74, 6) is 0.952. The predicted molar refractivity (Wildman–Crippen MR) is 61.3 cm³/mol. The molecule has 4 nitrogen and oxygen atoms in total. The quantitative estimate of drug-likeness (QED) is 0.611. The van der Waals surface area contributed by atoms with Gasteiger partial charge in [0.25, 0.3) is 0 Å². The average molecular weight is 217 g/mol. The van der Waals surface area contributed by atoms with E-state index in [0.29, 0.717) is 13.2 Å². The van der Waals surface area contributed by atoms with Gasteiger partial charge in [0, 0.05) is 19.4 Å². The first kappa shape index (κ1) is 10.9. The molecule has 1 N–H and O–H groups in total. The molecular formula is C12H15N3O. The van der Waals surface area contributed by atoms with Crippen LogP contribution in [0, 0.1) is 0 Å². The molecule has 2 aromatic rings. The van der Waals surface area contributed by atoms with Gasteiger partial charge in [-0.05, 0) is 5.56 Å². The van der Waals surface area contributed by atoms with Crippen molar-refractivity contribution in [3.05, 3.63) is 54.1 Å². The van der Waals surface area contributed by atoms with Crippen LogP contribution >= 0.6 is 0 Å². The second-order valence-electron chi connectivity index (χ2n) is 3.55. The third kappa shape index (κ3) is 2.92. The van der Waals surface area contributed by atoms with Crippen molar-refractivity contribution in [2.45, 2.75) is 13.2 Å². The van der Waals surface area contributed by atoms with Gasteiger partial charge in [-0.15, -0.1) is 0 Å². The Bertz CT molecular complexity index is 425. The highest BCUT2D eigenvalue weighted by Crippen LogP contribution is 1.99. The summed E-state index contributed by atoms with van der Waals surface area (Å²) in [5, 5.41) is 0. The van der Waals surface area contributed by atoms with Crippen LogP contribution in [0.15, 0.2) is 42.7 Å². The lowest BCUT2D eigenvalue weighted by molar-refractivity contribution is 0.0217. The van der Waals surface area contributed by atoms with E-state index in [4.69, 9.17) is 4.84 Å². The summed E-state index contributed by atoms with van der Waals surface area (Å²) in [6.45, 7) is 1.17. The van der Waals surface area contributed by atoms with E-state index in [-0.39, 0.29) is 0 Å². The minimum Gasteiger partial charge on any atom is -0.337 e. The number of benzene rings is 1. The smallest absolute Gasteiger partial charge is 0.124 e. The SMILES string of the molecule is Cn1ccnc1CNOCc1ccccc1. The monoisotopic (exact) mass is 217 g/mol. The number of nitrogens with one attached hydrogen (secondary N) is 1. The third-order valence-electron chi connectivity index (χ3n) is 2.33. The Morgan fingerprint density at radius 2 is 2.12 bits per heavy atom. The van der Waals surface area contributed by atoms with Crippen LogP contribution in [-0.2, 0) is 25.0 Å². The fourth-order valence-corrected chi connectivity index (χ4v) is 1.39. The average Bonchev–Trinajstić information content (AvgIpc) is 2.72. The largest absolute Gasteiger partial charge is 0.337 e. The van der Waals surface area contributed by atoms with Crippen LogP contribution < -0.4 is 5.48 Å². The van der Waals surface area contributed by atoms with Crippen LogP contribution in [0.1, 0.15) is 11.4 Å². The van der Waals surface area contributed by atoms with E-state index in [9.17, 15) is 0 Å². The van der Waals surface area contributed by atoms with Gasteiger partial charge in [-0.2, -0.15) is 5.48 Å². The molecule has 0 bridgehead atoms. The summed E-state index contributed by atoms with van der Waals surface area (Å²) in [6, 6.07) is 10.0. The molecule has 0 unspecified atom stereocenters. The first-order valence-corrected chi connectivity index (χ1v) is 5.21. The molecule has 0 spiro atoms. The molecule has 0 aliphatic heterocycles. The Hall–Kier alpha value is -1.65. The maximum absolute atomic E-state index is 5.34.